The molecule has 0 bridgehead atoms. The van der Waals surface area contributed by atoms with Crippen molar-refractivity contribution in [3.05, 3.63) is 23.8 Å². The van der Waals surface area contributed by atoms with Gasteiger partial charge in [0.1, 0.15) is 12.2 Å². The summed E-state index contributed by atoms with van der Waals surface area (Å²) in [6, 6.07) is 0. The second-order valence-electron chi connectivity index (χ2n) is 10.9. The molecular formula is C25H32O8. The van der Waals surface area contributed by atoms with Gasteiger partial charge in [-0.15, -0.1) is 0 Å². The maximum atomic E-state index is 12.7. The van der Waals surface area contributed by atoms with E-state index in [2.05, 4.69) is 6.58 Å². The van der Waals surface area contributed by atoms with Crippen molar-refractivity contribution in [2.75, 3.05) is 6.61 Å². The molecule has 0 saturated heterocycles. The molecule has 4 rings (SSSR count). The van der Waals surface area contributed by atoms with Gasteiger partial charge in [0, 0.05) is 5.41 Å². The van der Waals surface area contributed by atoms with Gasteiger partial charge in [-0.3, -0.25) is 14.4 Å². The Hall–Kier alpha value is -2.16. The van der Waals surface area contributed by atoms with Crippen LogP contribution in [0.1, 0.15) is 52.4 Å². The minimum Gasteiger partial charge on any atom is -0.478 e. The first-order valence-corrected chi connectivity index (χ1v) is 11.6. The van der Waals surface area contributed by atoms with Crippen LogP contribution in [0, 0.1) is 34.5 Å². The maximum Gasteiger partial charge on any atom is 0.338 e. The van der Waals surface area contributed by atoms with Crippen molar-refractivity contribution in [3.8, 4) is 0 Å². The number of hydrogen-bond acceptors (Lipinski definition) is 7. The van der Waals surface area contributed by atoms with Crippen LogP contribution in [0.2, 0.25) is 0 Å². The van der Waals surface area contributed by atoms with Gasteiger partial charge >= 0.3 is 5.97 Å². The van der Waals surface area contributed by atoms with Crippen LogP contribution in [0.25, 0.3) is 0 Å². The van der Waals surface area contributed by atoms with Crippen LogP contribution < -0.4 is 0 Å². The molecule has 1 unspecified atom stereocenters. The average Bonchev–Trinajstić information content (AvgIpc) is 3.03. The van der Waals surface area contributed by atoms with Crippen LogP contribution in [-0.2, 0) is 19.2 Å². The van der Waals surface area contributed by atoms with Crippen molar-refractivity contribution < 1.29 is 39.6 Å². The van der Waals surface area contributed by atoms with Crippen LogP contribution in [0.3, 0.4) is 0 Å². The van der Waals surface area contributed by atoms with Gasteiger partial charge in [0.05, 0.1) is 17.6 Å². The molecule has 8 nitrogen and oxygen atoms in total. The number of ketones is 3. The van der Waals surface area contributed by atoms with Crippen molar-refractivity contribution in [2.24, 2.45) is 34.5 Å². The third-order valence-corrected chi connectivity index (χ3v) is 9.59. The van der Waals surface area contributed by atoms with Crippen LogP contribution in [0.15, 0.2) is 23.8 Å². The zero-order valence-electron chi connectivity index (χ0n) is 19.0. The molecule has 0 spiro atoms. The molecule has 4 aliphatic carbocycles. The molecule has 33 heavy (non-hydrogen) atoms. The number of aliphatic carboxylic acids is 1. The van der Waals surface area contributed by atoms with E-state index in [4.69, 9.17) is 0 Å². The SMILES string of the molecule is C=C(C(=O)O)C(=O)C1C[C@@]2(C)C(=CC1=O)CC[C@@H]1[C@@H]2[C@@H](O)C[C@@]2(C)[C@H]1CC[C@]2(O)C(=O)CO. The Morgan fingerprint density at radius 1 is 1.18 bits per heavy atom. The third kappa shape index (κ3) is 3.14. The van der Waals surface area contributed by atoms with Gasteiger partial charge in [-0.25, -0.2) is 4.79 Å². The molecule has 4 aliphatic rings. The minimum absolute atomic E-state index is 0.0481. The second kappa shape index (κ2) is 7.68. The topological polar surface area (TPSA) is 149 Å². The number of Topliss-reactive ketones (excluding diaryl/α,β-unsaturated/α-hetero) is 2. The lowest BCUT2D eigenvalue weighted by Gasteiger charge is -2.60. The van der Waals surface area contributed by atoms with E-state index >= 15 is 0 Å². The molecule has 8 heteroatoms. The number of carboxylic acid groups (broad SMARTS) is 1. The van der Waals surface area contributed by atoms with E-state index in [0.29, 0.717) is 19.3 Å². The quantitative estimate of drug-likeness (QED) is 0.272. The molecule has 0 amide bonds. The van der Waals surface area contributed by atoms with E-state index in [1.54, 1.807) is 0 Å². The molecule has 180 valence electrons. The number of aliphatic hydroxyl groups is 3. The molecule has 0 aromatic heterocycles. The molecule has 0 radical (unpaired) electrons. The lowest BCUT2D eigenvalue weighted by Crippen LogP contribution is -2.62. The number of hydrogen-bond donors (Lipinski definition) is 4. The summed E-state index contributed by atoms with van der Waals surface area (Å²) < 4.78 is 0. The van der Waals surface area contributed by atoms with Crippen LogP contribution in [0.5, 0.6) is 0 Å². The summed E-state index contributed by atoms with van der Waals surface area (Å²) in [4.78, 5) is 49.3. The average molecular weight is 461 g/mol. The molecule has 0 aliphatic heterocycles. The molecule has 8 atom stereocenters. The fourth-order valence-corrected chi connectivity index (χ4v) is 7.91. The summed E-state index contributed by atoms with van der Waals surface area (Å²) in [7, 11) is 0. The first-order chi connectivity index (χ1) is 15.3. The number of carboxylic acids is 1. The summed E-state index contributed by atoms with van der Waals surface area (Å²) >= 11 is 0. The highest BCUT2D eigenvalue weighted by Crippen LogP contribution is 2.67. The number of rotatable bonds is 5. The van der Waals surface area contributed by atoms with Crippen molar-refractivity contribution in [3.63, 3.8) is 0 Å². The lowest BCUT2D eigenvalue weighted by molar-refractivity contribution is -0.183. The van der Waals surface area contributed by atoms with Crippen molar-refractivity contribution in [2.45, 2.75) is 64.1 Å². The smallest absolute Gasteiger partial charge is 0.338 e. The van der Waals surface area contributed by atoms with Gasteiger partial charge in [0.25, 0.3) is 0 Å². The Balaban J connectivity index is 1.71. The van der Waals surface area contributed by atoms with Crippen molar-refractivity contribution in [1.82, 2.24) is 0 Å². The van der Waals surface area contributed by atoms with Crippen LogP contribution in [0.4, 0.5) is 0 Å². The van der Waals surface area contributed by atoms with Gasteiger partial charge in [-0.2, -0.15) is 0 Å². The highest BCUT2D eigenvalue weighted by atomic mass is 16.4. The first-order valence-electron chi connectivity index (χ1n) is 11.6. The molecule has 3 saturated carbocycles. The highest BCUT2D eigenvalue weighted by Gasteiger charge is 2.68. The van der Waals surface area contributed by atoms with E-state index in [-0.39, 0.29) is 37.0 Å². The molecule has 0 heterocycles. The second-order valence-corrected chi connectivity index (χ2v) is 10.9. The predicted octanol–water partition coefficient (Wildman–Crippen LogP) is 1.22. The monoisotopic (exact) mass is 460 g/mol. The van der Waals surface area contributed by atoms with Gasteiger partial charge in [-0.05, 0) is 67.8 Å². The Morgan fingerprint density at radius 3 is 2.45 bits per heavy atom. The Kier molecular flexibility index (Phi) is 5.58. The number of allylic oxidation sites excluding steroid dienone is 1. The molecule has 0 aromatic carbocycles. The van der Waals surface area contributed by atoms with E-state index in [1.807, 2.05) is 13.8 Å². The zero-order valence-corrected chi connectivity index (χ0v) is 19.0. The largest absolute Gasteiger partial charge is 0.478 e. The number of carbonyl (C=O) groups is 4. The third-order valence-electron chi connectivity index (χ3n) is 9.59. The van der Waals surface area contributed by atoms with Gasteiger partial charge in [-0.1, -0.05) is 26.0 Å². The number of carbonyl (C=O) groups excluding carboxylic acids is 3. The molecular weight excluding hydrogens is 428 g/mol. The van der Waals surface area contributed by atoms with E-state index in [1.165, 1.54) is 6.08 Å². The molecule has 3 fully saturated rings. The zero-order chi connectivity index (χ0) is 24.5. The maximum absolute atomic E-state index is 12.7. The first kappa shape index (κ1) is 24.0. The number of fused-ring (bicyclic) bond motifs is 5. The van der Waals surface area contributed by atoms with Crippen molar-refractivity contribution >= 4 is 23.3 Å². The van der Waals surface area contributed by atoms with Crippen LogP contribution >= 0.6 is 0 Å². The fourth-order valence-electron chi connectivity index (χ4n) is 7.91. The lowest BCUT2D eigenvalue weighted by atomic mass is 9.44. The summed E-state index contributed by atoms with van der Waals surface area (Å²) in [6.45, 7) is 6.32. The normalized spacial score (nSPS) is 44.2. The summed E-state index contributed by atoms with van der Waals surface area (Å²) in [6.07, 6.45) is 2.91. The Bertz CT molecular complexity index is 981. The van der Waals surface area contributed by atoms with E-state index < -0.39 is 64.0 Å². The van der Waals surface area contributed by atoms with E-state index in [0.717, 1.165) is 5.57 Å². The highest BCUT2D eigenvalue weighted by molar-refractivity contribution is 6.24. The van der Waals surface area contributed by atoms with Gasteiger partial charge < -0.3 is 20.4 Å². The fraction of sp³-hybridized carbons (Fsp3) is 0.680. The summed E-state index contributed by atoms with van der Waals surface area (Å²) in [5.74, 6) is -4.87. The molecule has 0 aromatic rings. The molecule has 4 N–H and O–H groups in total. The van der Waals surface area contributed by atoms with Gasteiger partial charge in [0.2, 0.25) is 0 Å². The predicted molar refractivity (Wildman–Crippen MR) is 116 cm³/mol. The standard InChI is InChI=1S/C25H32O8/c1-12(22(31)32)21(30)15-9-23(2)13(8-17(15)27)4-5-14-16-6-7-25(33,19(29)11-26)24(16,3)10-18(28)20(14)23/h8,14-16,18,20,26,28,33H,1,4-7,9-11H2,2-3H3,(H,31,32)/t14-,15?,16-,18-,20+,23-,24-,25-/m0/s1. The summed E-state index contributed by atoms with van der Waals surface area (Å²) in [5.41, 5.74) is -3.04. The number of aliphatic hydroxyl groups excluding tert-OH is 2. The van der Waals surface area contributed by atoms with Crippen molar-refractivity contribution in [1.29, 1.82) is 0 Å². The minimum atomic E-state index is -1.70. The van der Waals surface area contributed by atoms with Crippen LogP contribution in [-0.4, -0.2) is 62.1 Å². The Morgan fingerprint density at radius 2 is 1.85 bits per heavy atom. The summed E-state index contributed by atoms with van der Waals surface area (Å²) in [5, 5.41) is 41.3. The van der Waals surface area contributed by atoms with E-state index in [9.17, 15) is 39.6 Å². The Labute approximate surface area is 192 Å². The van der Waals surface area contributed by atoms with Gasteiger partial charge in [0.15, 0.2) is 17.3 Å².